The molecule has 0 radical (unpaired) electrons. The van der Waals surface area contributed by atoms with Gasteiger partial charge in [-0.25, -0.2) is 0 Å². The van der Waals surface area contributed by atoms with Crippen molar-refractivity contribution in [2.75, 3.05) is 16.4 Å². The van der Waals surface area contributed by atoms with Crippen LogP contribution in [0.1, 0.15) is 15.9 Å². The van der Waals surface area contributed by atoms with Crippen LogP contribution in [0.5, 0.6) is 0 Å². The number of hydrogen-bond donors (Lipinski definition) is 3. The van der Waals surface area contributed by atoms with E-state index in [1.54, 1.807) is 91.0 Å². The van der Waals surface area contributed by atoms with Crippen LogP contribution in [-0.2, 0) is 9.59 Å². The highest BCUT2D eigenvalue weighted by molar-refractivity contribution is 8.00. The Bertz CT molecular complexity index is 1590. The van der Waals surface area contributed by atoms with Crippen molar-refractivity contribution >= 4 is 93.3 Å². The van der Waals surface area contributed by atoms with Crippen molar-refractivity contribution in [3.05, 3.63) is 128 Å². The van der Waals surface area contributed by atoms with E-state index in [0.717, 1.165) is 4.90 Å². The molecule has 208 valence electrons. The first-order valence-corrected chi connectivity index (χ1v) is 14.5. The van der Waals surface area contributed by atoms with Crippen LogP contribution in [0.2, 0.25) is 20.1 Å². The molecule has 0 unspecified atom stereocenters. The lowest BCUT2D eigenvalue weighted by Gasteiger charge is -2.13. The summed E-state index contributed by atoms with van der Waals surface area (Å²) in [5.74, 6) is -1.17. The summed E-state index contributed by atoms with van der Waals surface area (Å²) >= 11 is 26.0. The Hall–Kier alpha value is -3.46. The van der Waals surface area contributed by atoms with Crippen molar-refractivity contribution < 1.29 is 14.4 Å². The van der Waals surface area contributed by atoms with Gasteiger partial charge in [0.1, 0.15) is 5.70 Å². The van der Waals surface area contributed by atoms with Crippen LogP contribution in [-0.4, -0.2) is 23.5 Å². The minimum Gasteiger partial charge on any atom is -0.324 e. The molecule has 0 fully saturated rings. The molecule has 6 nitrogen and oxygen atoms in total. The van der Waals surface area contributed by atoms with Gasteiger partial charge in [0.05, 0.1) is 21.5 Å². The van der Waals surface area contributed by atoms with Gasteiger partial charge in [0, 0.05) is 31.8 Å². The Morgan fingerprint density at radius 3 is 2.02 bits per heavy atom. The molecule has 0 aliphatic carbocycles. The zero-order chi connectivity index (χ0) is 29.4. The lowest BCUT2D eigenvalue weighted by Crippen LogP contribution is -2.30. The van der Waals surface area contributed by atoms with E-state index in [0.29, 0.717) is 37.6 Å². The Labute approximate surface area is 261 Å². The largest absolute Gasteiger partial charge is 0.324 e. The maximum atomic E-state index is 13.3. The van der Waals surface area contributed by atoms with Crippen LogP contribution >= 0.6 is 58.2 Å². The number of anilines is 2. The van der Waals surface area contributed by atoms with Gasteiger partial charge in [-0.1, -0.05) is 76.7 Å². The maximum Gasteiger partial charge on any atom is 0.272 e. The first kappa shape index (κ1) is 30.5. The van der Waals surface area contributed by atoms with Crippen LogP contribution in [0, 0.1) is 0 Å². The second-order valence-electron chi connectivity index (χ2n) is 8.43. The Morgan fingerprint density at radius 1 is 0.707 bits per heavy atom. The number of amides is 3. The minimum absolute atomic E-state index is 0.0522. The molecular weight excluding hydrogens is 624 g/mol. The van der Waals surface area contributed by atoms with Gasteiger partial charge < -0.3 is 16.0 Å². The minimum atomic E-state index is -0.580. The molecule has 3 N–H and O–H groups in total. The molecule has 0 atom stereocenters. The summed E-state index contributed by atoms with van der Waals surface area (Å²) in [5, 5.41) is 9.42. The first-order chi connectivity index (χ1) is 19.7. The highest BCUT2D eigenvalue weighted by Crippen LogP contribution is 2.30. The molecule has 4 aromatic carbocycles. The monoisotopic (exact) mass is 643 g/mol. The summed E-state index contributed by atoms with van der Waals surface area (Å²) < 4.78 is 0. The Balaban J connectivity index is 1.44. The maximum absolute atomic E-state index is 13.3. The number of nitrogens with one attached hydrogen (secondary N) is 3. The molecule has 0 heterocycles. The first-order valence-electron chi connectivity index (χ1n) is 12.0. The molecule has 0 spiro atoms. The summed E-state index contributed by atoms with van der Waals surface area (Å²) in [7, 11) is 0. The third-order valence-electron chi connectivity index (χ3n) is 5.52. The standard InChI is InChI=1S/C30H21Cl4N3O3S/c31-22-8-4-9-23(32)21(22)16-26(37-29(39)18-6-2-1-3-7-18)30(40)35-19-12-14-20(15-13-19)41-17-27(38)36-25-11-5-10-24(33)28(25)34/h1-16H,17H2,(H,35,40)(H,36,38)(H,37,39)/b26-16-. The zero-order valence-corrected chi connectivity index (χ0v) is 24.9. The average molecular weight is 645 g/mol. The van der Waals surface area contributed by atoms with Crippen molar-refractivity contribution in [1.82, 2.24) is 5.32 Å². The lowest BCUT2D eigenvalue weighted by molar-refractivity contribution is -0.114. The molecule has 0 bridgehead atoms. The number of halogens is 4. The molecule has 4 aromatic rings. The van der Waals surface area contributed by atoms with E-state index in [4.69, 9.17) is 46.4 Å². The highest BCUT2D eigenvalue weighted by Gasteiger charge is 2.17. The van der Waals surface area contributed by atoms with Gasteiger partial charge in [-0.2, -0.15) is 0 Å². The summed E-state index contributed by atoms with van der Waals surface area (Å²) in [6.07, 6.45) is 1.43. The number of hydrogen-bond acceptors (Lipinski definition) is 4. The van der Waals surface area contributed by atoms with Gasteiger partial charge >= 0.3 is 0 Å². The van der Waals surface area contributed by atoms with E-state index >= 15 is 0 Å². The second-order valence-corrected chi connectivity index (χ2v) is 11.1. The second kappa shape index (κ2) is 14.4. The third-order valence-corrected chi connectivity index (χ3v) is 8.02. The highest BCUT2D eigenvalue weighted by atomic mass is 35.5. The molecule has 0 saturated carbocycles. The van der Waals surface area contributed by atoms with Crippen LogP contribution < -0.4 is 16.0 Å². The fourth-order valence-electron chi connectivity index (χ4n) is 3.50. The molecular formula is C30H21Cl4N3O3S. The quantitative estimate of drug-likeness (QED) is 0.126. The summed E-state index contributed by atoms with van der Waals surface area (Å²) in [5.41, 5.74) is 1.62. The number of rotatable bonds is 9. The van der Waals surface area contributed by atoms with Crippen molar-refractivity contribution in [3.63, 3.8) is 0 Å². The van der Waals surface area contributed by atoms with E-state index in [-0.39, 0.29) is 22.4 Å². The van der Waals surface area contributed by atoms with Crippen LogP contribution in [0.15, 0.2) is 102 Å². The van der Waals surface area contributed by atoms with Gasteiger partial charge in [-0.15, -0.1) is 11.8 Å². The van der Waals surface area contributed by atoms with Gasteiger partial charge in [-0.3, -0.25) is 14.4 Å². The molecule has 0 aromatic heterocycles. The summed E-state index contributed by atoms with van der Waals surface area (Å²) in [6, 6.07) is 25.3. The topological polar surface area (TPSA) is 87.3 Å². The SMILES string of the molecule is O=C(CSc1ccc(NC(=O)/C(=C/c2c(Cl)cccc2Cl)NC(=O)c2ccccc2)cc1)Nc1cccc(Cl)c1Cl. The van der Waals surface area contributed by atoms with Crippen LogP contribution in [0.25, 0.3) is 6.08 Å². The zero-order valence-electron chi connectivity index (χ0n) is 21.1. The number of thioether (sulfide) groups is 1. The van der Waals surface area contributed by atoms with Gasteiger partial charge in [0.25, 0.3) is 11.8 Å². The van der Waals surface area contributed by atoms with Crippen molar-refractivity contribution in [2.45, 2.75) is 4.90 Å². The van der Waals surface area contributed by atoms with E-state index in [1.165, 1.54) is 17.8 Å². The number of benzene rings is 4. The molecule has 0 saturated heterocycles. The van der Waals surface area contributed by atoms with Crippen LogP contribution in [0.4, 0.5) is 11.4 Å². The molecule has 11 heteroatoms. The molecule has 0 aliphatic rings. The third kappa shape index (κ3) is 8.52. The molecule has 0 aliphatic heterocycles. The van der Waals surface area contributed by atoms with Gasteiger partial charge in [-0.05, 0) is 66.7 Å². The normalized spacial score (nSPS) is 11.1. The average Bonchev–Trinajstić information content (AvgIpc) is 2.97. The van der Waals surface area contributed by atoms with E-state index < -0.39 is 11.8 Å². The fourth-order valence-corrected chi connectivity index (χ4v) is 5.06. The Morgan fingerprint density at radius 2 is 1.34 bits per heavy atom. The van der Waals surface area contributed by atoms with Crippen molar-refractivity contribution in [1.29, 1.82) is 0 Å². The molecule has 3 amide bonds. The number of carbonyl (C=O) groups excluding carboxylic acids is 3. The van der Waals surface area contributed by atoms with E-state index in [2.05, 4.69) is 16.0 Å². The van der Waals surface area contributed by atoms with Crippen LogP contribution in [0.3, 0.4) is 0 Å². The predicted octanol–water partition coefficient (Wildman–Crippen LogP) is 8.44. The van der Waals surface area contributed by atoms with Gasteiger partial charge in [0.2, 0.25) is 5.91 Å². The summed E-state index contributed by atoms with van der Waals surface area (Å²) in [4.78, 5) is 39.3. The van der Waals surface area contributed by atoms with Crippen molar-refractivity contribution in [3.8, 4) is 0 Å². The predicted molar refractivity (Wildman–Crippen MR) is 169 cm³/mol. The van der Waals surface area contributed by atoms with Crippen molar-refractivity contribution in [2.24, 2.45) is 0 Å². The number of carbonyl (C=O) groups is 3. The van der Waals surface area contributed by atoms with Gasteiger partial charge in [0.15, 0.2) is 0 Å². The lowest BCUT2D eigenvalue weighted by atomic mass is 10.1. The summed E-state index contributed by atoms with van der Waals surface area (Å²) in [6.45, 7) is 0. The fraction of sp³-hybridized carbons (Fsp3) is 0.0333. The smallest absolute Gasteiger partial charge is 0.272 e. The Kier molecular flexibility index (Phi) is 10.7. The van der Waals surface area contributed by atoms with E-state index in [1.807, 2.05) is 0 Å². The molecule has 4 rings (SSSR count). The van der Waals surface area contributed by atoms with E-state index in [9.17, 15) is 14.4 Å². The molecule has 41 heavy (non-hydrogen) atoms.